The minimum absolute atomic E-state index is 0.0773. The molecule has 10 rings (SSSR count). The molecule has 20 nitrogen and oxygen atoms in total. The van der Waals surface area contributed by atoms with E-state index in [1.165, 1.54) is 19.0 Å². The zero-order valence-electron chi connectivity index (χ0n) is 37.6. The van der Waals surface area contributed by atoms with Crippen molar-refractivity contribution in [3.63, 3.8) is 0 Å². The van der Waals surface area contributed by atoms with Gasteiger partial charge in [0.2, 0.25) is 0 Å². The normalized spacial score (nSPS) is 21.5. The number of aliphatic hydroxyl groups is 1. The molecule has 358 valence electrons. The summed E-state index contributed by atoms with van der Waals surface area (Å²) in [6.45, 7) is -0.132. The fraction of sp³-hybridized carbons (Fsp3) is 0.319. The van der Waals surface area contributed by atoms with Gasteiger partial charge in [-0.05, 0) is 58.8 Å². The molecule has 8 aromatic rings. The first-order valence-corrected chi connectivity index (χ1v) is 24.6. The molecule has 7 heterocycles. The van der Waals surface area contributed by atoms with E-state index in [0.717, 1.165) is 21.6 Å². The average molecular weight is 976 g/mol. The van der Waals surface area contributed by atoms with Crippen molar-refractivity contribution in [2.45, 2.75) is 61.7 Å². The maximum atomic E-state index is 15.4. The Morgan fingerprint density at radius 1 is 0.739 bits per heavy atom. The first-order chi connectivity index (χ1) is 33.6. The summed E-state index contributed by atoms with van der Waals surface area (Å²) in [7, 11) is -1.04. The molecule has 2 fully saturated rings. The number of benzene rings is 3. The number of ether oxygens (including phenoxy) is 5. The summed E-state index contributed by atoms with van der Waals surface area (Å²) in [5.74, 6) is 1.77. The largest absolute Gasteiger partial charge is 0.497 e. The average Bonchev–Trinajstić information content (AvgIpc) is 4.24. The molecule has 2 aliphatic rings. The molecule has 69 heavy (non-hydrogen) atoms. The van der Waals surface area contributed by atoms with Crippen molar-refractivity contribution in [2.24, 2.45) is 0 Å². The number of hydrogen-bond acceptors (Lipinski definition) is 18. The van der Waals surface area contributed by atoms with Gasteiger partial charge in [0.25, 0.3) is 0 Å². The molecule has 0 bridgehead atoms. The van der Waals surface area contributed by atoms with Crippen molar-refractivity contribution in [3.05, 3.63) is 143 Å². The Morgan fingerprint density at radius 3 is 1.90 bits per heavy atom. The Bertz CT molecular complexity index is 2990. The summed E-state index contributed by atoms with van der Waals surface area (Å²) in [4.78, 5) is 26.9. The van der Waals surface area contributed by atoms with Gasteiger partial charge in [-0.25, -0.2) is 39.6 Å². The van der Waals surface area contributed by atoms with Gasteiger partial charge in [0.1, 0.15) is 71.6 Å². The number of nitrogen functional groups attached to an aromatic ring is 2. The number of fused-ring (bicyclic) bond motifs is 2. The van der Waals surface area contributed by atoms with Gasteiger partial charge < -0.3 is 40.3 Å². The Kier molecular flexibility index (Phi) is 13.4. The molecule has 6 N–H and O–H groups in total. The van der Waals surface area contributed by atoms with Gasteiger partial charge in [-0.15, -0.1) is 11.3 Å². The SMILES string of the molecule is COc1ccc(C(OC[C@H]2O[C@@H](n3cnc4c(N)ncnc43)C[C@@H]2OP(=O)(NCCc2cccs2)OC[C@H]2O[C@@H](n3cnc4c(N)ncnc43)C[C@@H]2O)(c2ccccc2)c2ccc(OC)cc2)cc1. The van der Waals surface area contributed by atoms with Crippen LogP contribution in [0.25, 0.3) is 22.3 Å². The number of imidazole rings is 2. The molecule has 3 aromatic carbocycles. The lowest BCUT2D eigenvalue weighted by Crippen LogP contribution is -2.39. The monoisotopic (exact) mass is 975 g/mol. The van der Waals surface area contributed by atoms with Gasteiger partial charge in [-0.2, -0.15) is 0 Å². The number of anilines is 2. The van der Waals surface area contributed by atoms with Crippen molar-refractivity contribution < 1.29 is 42.4 Å². The highest BCUT2D eigenvalue weighted by atomic mass is 32.1. The van der Waals surface area contributed by atoms with Gasteiger partial charge in [0.05, 0.1) is 46.2 Å². The zero-order chi connectivity index (χ0) is 47.5. The molecule has 22 heteroatoms. The van der Waals surface area contributed by atoms with Crippen LogP contribution in [0.5, 0.6) is 11.5 Å². The predicted molar refractivity (Wildman–Crippen MR) is 255 cm³/mol. The topological polar surface area (TPSA) is 253 Å². The Labute approximate surface area is 400 Å². The van der Waals surface area contributed by atoms with Crippen LogP contribution in [-0.4, -0.2) is 103 Å². The zero-order valence-corrected chi connectivity index (χ0v) is 39.3. The Hall–Kier alpha value is -6.39. The molecule has 0 radical (unpaired) electrons. The Morgan fingerprint density at radius 2 is 1.32 bits per heavy atom. The van der Waals surface area contributed by atoms with Crippen LogP contribution in [0, 0.1) is 0 Å². The molecular formula is C47H50N11O9PS. The van der Waals surface area contributed by atoms with E-state index >= 15 is 4.57 Å². The minimum atomic E-state index is -4.27. The molecule has 0 spiro atoms. The summed E-state index contributed by atoms with van der Waals surface area (Å²) in [5.41, 5.74) is 15.2. The van der Waals surface area contributed by atoms with Gasteiger partial charge in [0.15, 0.2) is 22.9 Å². The number of nitrogens with zero attached hydrogens (tertiary/aromatic N) is 8. The first kappa shape index (κ1) is 46.3. The number of thiophene rings is 1. The summed E-state index contributed by atoms with van der Waals surface area (Å²) in [6.07, 6.45) is 1.59. The van der Waals surface area contributed by atoms with Crippen LogP contribution in [0.15, 0.2) is 122 Å². The number of aliphatic hydroxyl groups excluding tert-OH is 1. The molecule has 7 atom stereocenters. The van der Waals surface area contributed by atoms with Crippen molar-refractivity contribution in [3.8, 4) is 11.5 Å². The van der Waals surface area contributed by atoms with Crippen molar-refractivity contribution in [2.75, 3.05) is 45.4 Å². The van der Waals surface area contributed by atoms with E-state index in [1.54, 1.807) is 41.0 Å². The number of hydrogen-bond donors (Lipinski definition) is 4. The maximum absolute atomic E-state index is 15.4. The van der Waals surface area contributed by atoms with Gasteiger partial charge in [-0.3, -0.25) is 18.2 Å². The van der Waals surface area contributed by atoms with E-state index in [-0.39, 0.29) is 44.2 Å². The van der Waals surface area contributed by atoms with Crippen LogP contribution >= 0.6 is 19.1 Å². The van der Waals surface area contributed by atoms with Gasteiger partial charge in [0, 0.05) is 24.3 Å². The van der Waals surface area contributed by atoms with Crippen LogP contribution in [0.1, 0.15) is 46.9 Å². The van der Waals surface area contributed by atoms with Crippen LogP contribution in [-0.2, 0) is 39.8 Å². The number of nitrogens with two attached hydrogens (primary N) is 2. The van der Waals surface area contributed by atoms with Crippen LogP contribution in [0.2, 0.25) is 0 Å². The molecule has 5 aromatic heterocycles. The number of nitrogens with one attached hydrogen (secondary N) is 1. The molecule has 0 aliphatic carbocycles. The number of methoxy groups -OCH3 is 2. The second kappa shape index (κ2) is 19.9. The third-order valence-corrected chi connectivity index (χ3v) is 14.9. The van der Waals surface area contributed by atoms with Crippen molar-refractivity contribution in [1.82, 2.24) is 44.1 Å². The summed E-state index contributed by atoms with van der Waals surface area (Å²) in [5, 5.41) is 16.4. The lowest BCUT2D eigenvalue weighted by Gasteiger charge is -2.37. The number of rotatable bonds is 19. The minimum Gasteiger partial charge on any atom is -0.497 e. The first-order valence-electron chi connectivity index (χ1n) is 22.2. The summed E-state index contributed by atoms with van der Waals surface area (Å²) >= 11 is 1.58. The summed E-state index contributed by atoms with van der Waals surface area (Å²) in [6, 6.07) is 29.2. The predicted octanol–water partition coefficient (Wildman–Crippen LogP) is 6.20. The fourth-order valence-electron chi connectivity index (χ4n) is 8.85. The van der Waals surface area contributed by atoms with Crippen molar-refractivity contribution >= 4 is 53.0 Å². The Balaban J connectivity index is 0.982. The van der Waals surface area contributed by atoms with E-state index in [2.05, 4.69) is 35.0 Å². The smallest absolute Gasteiger partial charge is 0.405 e. The highest BCUT2D eigenvalue weighted by Crippen LogP contribution is 2.51. The quantitative estimate of drug-likeness (QED) is 0.0520. The third kappa shape index (κ3) is 9.40. The highest BCUT2D eigenvalue weighted by Gasteiger charge is 2.47. The van der Waals surface area contributed by atoms with E-state index in [9.17, 15) is 5.11 Å². The molecule has 2 aliphatic heterocycles. The van der Waals surface area contributed by atoms with Crippen LogP contribution in [0.3, 0.4) is 0 Å². The standard InChI is InChI=1S/C47H50N11O9PS/c1-61-32-14-10-30(11-15-32)47(29-7-4-3-5-8-29,31-12-16-33(62-2)17-13-31)63-23-38-36(22-40(66-38)58-28-55-42-44(49)51-26-53-46(42)58)67-68(60,56-19-18-34-9-6-20-69-34)64-24-37-35(59)21-39(65-37)57-27-54-41-43(48)50-25-52-45(41)57/h3-17,20,25-28,35-40,59H,18-19,21-24H2,1-2H3,(H,56,60)(H2,48,50,52)(H2,49,51,53)/t35-,36-,37+,38+,39+,40+,68?/m0/s1. The molecule has 1 unspecified atom stereocenters. The second-order valence-electron chi connectivity index (χ2n) is 16.5. The lowest BCUT2D eigenvalue weighted by molar-refractivity contribution is -0.0923. The highest BCUT2D eigenvalue weighted by molar-refractivity contribution is 7.51. The number of aromatic nitrogens is 8. The van der Waals surface area contributed by atoms with Crippen molar-refractivity contribution in [1.29, 1.82) is 0 Å². The van der Waals surface area contributed by atoms with Crippen LogP contribution < -0.4 is 26.0 Å². The third-order valence-electron chi connectivity index (χ3n) is 12.4. The molecule has 0 amide bonds. The molecule has 0 saturated carbocycles. The van der Waals surface area contributed by atoms with Gasteiger partial charge >= 0.3 is 7.75 Å². The van der Waals surface area contributed by atoms with Crippen LogP contribution in [0.4, 0.5) is 11.6 Å². The lowest BCUT2D eigenvalue weighted by atomic mass is 9.80. The summed E-state index contributed by atoms with van der Waals surface area (Å²) < 4.78 is 63.4. The van der Waals surface area contributed by atoms with E-state index in [0.29, 0.717) is 40.2 Å². The van der Waals surface area contributed by atoms with E-state index in [1.807, 2.05) is 96.4 Å². The van der Waals surface area contributed by atoms with E-state index < -0.39 is 50.2 Å². The molecule has 2 saturated heterocycles. The molecular weight excluding hydrogens is 926 g/mol. The second-order valence-corrected chi connectivity index (χ2v) is 19.3. The maximum Gasteiger partial charge on any atom is 0.405 e. The fourth-order valence-corrected chi connectivity index (χ4v) is 11.1. The van der Waals surface area contributed by atoms with Gasteiger partial charge in [-0.1, -0.05) is 60.7 Å². The van der Waals surface area contributed by atoms with E-state index in [4.69, 9.17) is 44.2 Å².